The Hall–Kier alpha value is -1.39. The molecule has 0 spiro atoms. The van der Waals surface area contributed by atoms with Gasteiger partial charge in [0.1, 0.15) is 10.8 Å². The molecule has 3 nitrogen and oxygen atoms in total. The number of hydrogen-bond donors (Lipinski definition) is 1. The number of ether oxygens (including phenoxy) is 1. The normalized spacial score (nSPS) is 19.6. The van der Waals surface area contributed by atoms with Gasteiger partial charge in [0.25, 0.3) is 0 Å². The topological polar surface area (TPSA) is 42.4 Å². The quantitative estimate of drug-likeness (QED) is 0.887. The molecule has 0 amide bonds. The molecule has 88 valence electrons. The van der Waals surface area contributed by atoms with Crippen molar-refractivity contribution in [2.24, 2.45) is 0 Å². The summed E-state index contributed by atoms with van der Waals surface area (Å²) in [6.45, 7) is 1.62. The Morgan fingerprint density at radius 3 is 3.12 bits per heavy atom. The fourth-order valence-electron chi connectivity index (χ4n) is 2.01. The van der Waals surface area contributed by atoms with Gasteiger partial charge in [0.05, 0.1) is 12.3 Å². The molecule has 3 rings (SSSR count). The van der Waals surface area contributed by atoms with Gasteiger partial charge in [0, 0.05) is 23.5 Å². The number of aromatic hydroxyl groups is 1. The molecule has 1 aliphatic rings. The average Bonchev–Trinajstić information content (AvgIpc) is 3.00. The second-order valence-corrected chi connectivity index (χ2v) is 5.05. The van der Waals surface area contributed by atoms with Crippen molar-refractivity contribution in [3.8, 4) is 16.3 Å². The molecule has 0 aliphatic carbocycles. The number of benzene rings is 1. The molecular formula is C13H13NO2S. The first-order valence-corrected chi connectivity index (χ1v) is 6.53. The fourth-order valence-corrected chi connectivity index (χ4v) is 2.91. The minimum absolute atomic E-state index is 0.281. The molecule has 1 aliphatic heterocycles. The predicted octanol–water partition coefficient (Wildman–Crippen LogP) is 3.02. The van der Waals surface area contributed by atoms with Crippen molar-refractivity contribution in [2.75, 3.05) is 13.2 Å². The summed E-state index contributed by atoms with van der Waals surface area (Å²) in [6, 6.07) is 7.22. The van der Waals surface area contributed by atoms with E-state index in [1.165, 1.54) is 0 Å². The van der Waals surface area contributed by atoms with E-state index in [1.54, 1.807) is 23.5 Å². The number of aromatic nitrogens is 1. The van der Waals surface area contributed by atoms with Crippen LogP contribution in [-0.2, 0) is 4.74 Å². The van der Waals surface area contributed by atoms with Gasteiger partial charge in [0.2, 0.25) is 0 Å². The van der Waals surface area contributed by atoms with Crippen molar-refractivity contribution in [1.82, 2.24) is 4.98 Å². The maximum Gasteiger partial charge on any atom is 0.123 e. The number of nitrogens with zero attached hydrogens (tertiary/aromatic N) is 1. The first-order chi connectivity index (χ1) is 8.33. The van der Waals surface area contributed by atoms with E-state index >= 15 is 0 Å². The number of rotatable bonds is 2. The van der Waals surface area contributed by atoms with Crippen LogP contribution in [0.5, 0.6) is 5.75 Å². The molecule has 1 fully saturated rings. The molecule has 17 heavy (non-hydrogen) atoms. The Morgan fingerprint density at radius 1 is 1.41 bits per heavy atom. The summed E-state index contributed by atoms with van der Waals surface area (Å²) in [5.41, 5.74) is 2.09. The third kappa shape index (κ3) is 2.18. The van der Waals surface area contributed by atoms with Crippen molar-refractivity contribution in [2.45, 2.75) is 12.3 Å². The SMILES string of the molecule is Oc1cccc(-c2nc(C3CCOC3)cs2)c1. The smallest absolute Gasteiger partial charge is 0.123 e. The zero-order chi connectivity index (χ0) is 11.7. The molecule has 0 saturated carbocycles. The summed E-state index contributed by atoms with van der Waals surface area (Å²) >= 11 is 1.62. The first kappa shape index (κ1) is 10.7. The highest BCUT2D eigenvalue weighted by atomic mass is 32.1. The molecule has 2 aromatic rings. The van der Waals surface area contributed by atoms with Gasteiger partial charge in [-0.25, -0.2) is 4.98 Å². The van der Waals surface area contributed by atoms with E-state index in [0.717, 1.165) is 35.9 Å². The first-order valence-electron chi connectivity index (χ1n) is 5.65. The summed E-state index contributed by atoms with van der Waals surface area (Å²) in [6.07, 6.45) is 1.06. The summed E-state index contributed by atoms with van der Waals surface area (Å²) in [5, 5.41) is 12.5. The standard InChI is InChI=1S/C13H13NO2S/c15-11-3-1-2-9(6-11)13-14-12(8-17-13)10-4-5-16-7-10/h1-3,6,8,10,15H,4-5,7H2. The fraction of sp³-hybridized carbons (Fsp3) is 0.308. The summed E-state index contributed by atoms with van der Waals surface area (Å²) in [4.78, 5) is 4.63. The van der Waals surface area contributed by atoms with Gasteiger partial charge in [-0.3, -0.25) is 0 Å². The Morgan fingerprint density at radius 2 is 2.35 bits per heavy atom. The highest BCUT2D eigenvalue weighted by Gasteiger charge is 2.20. The molecule has 0 radical (unpaired) electrons. The maximum atomic E-state index is 9.45. The lowest BCUT2D eigenvalue weighted by Crippen LogP contribution is -1.97. The molecule has 1 atom stereocenters. The van der Waals surface area contributed by atoms with Crippen molar-refractivity contribution >= 4 is 11.3 Å². The molecule has 0 bridgehead atoms. The van der Waals surface area contributed by atoms with E-state index in [2.05, 4.69) is 10.4 Å². The number of hydrogen-bond acceptors (Lipinski definition) is 4. The maximum absolute atomic E-state index is 9.45. The zero-order valence-corrected chi connectivity index (χ0v) is 10.1. The van der Waals surface area contributed by atoms with Crippen molar-refractivity contribution in [3.05, 3.63) is 35.3 Å². The van der Waals surface area contributed by atoms with E-state index in [4.69, 9.17) is 4.74 Å². The van der Waals surface area contributed by atoms with Crippen LogP contribution in [0, 0.1) is 0 Å². The van der Waals surface area contributed by atoms with Crippen LogP contribution in [0.2, 0.25) is 0 Å². The molecule has 1 aromatic carbocycles. The Balaban J connectivity index is 1.89. The number of phenols is 1. The van der Waals surface area contributed by atoms with E-state index in [-0.39, 0.29) is 5.75 Å². The molecule has 1 saturated heterocycles. The third-order valence-electron chi connectivity index (χ3n) is 2.96. The van der Waals surface area contributed by atoms with Crippen molar-refractivity contribution in [3.63, 3.8) is 0 Å². The Kier molecular flexibility index (Phi) is 2.82. The highest BCUT2D eigenvalue weighted by molar-refractivity contribution is 7.13. The Bertz CT molecular complexity index is 518. The number of phenolic OH excluding ortho intramolecular Hbond substituents is 1. The van der Waals surface area contributed by atoms with E-state index in [1.807, 2.05) is 12.1 Å². The second-order valence-electron chi connectivity index (χ2n) is 4.19. The minimum atomic E-state index is 0.281. The van der Waals surface area contributed by atoms with Gasteiger partial charge in [-0.1, -0.05) is 12.1 Å². The van der Waals surface area contributed by atoms with E-state index < -0.39 is 0 Å². The van der Waals surface area contributed by atoms with Crippen LogP contribution in [0.25, 0.3) is 10.6 Å². The summed E-state index contributed by atoms with van der Waals surface area (Å²) in [5.74, 6) is 0.723. The lowest BCUT2D eigenvalue weighted by molar-refractivity contribution is 0.193. The van der Waals surface area contributed by atoms with Crippen LogP contribution >= 0.6 is 11.3 Å². The van der Waals surface area contributed by atoms with Gasteiger partial charge < -0.3 is 9.84 Å². The Labute approximate surface area is 104 Å². The van der Waals surface area contributed by atoms with Crippen LogP contribution in [0.1, 0.15) is 18.0 Å². The minimum Gasteiger partial charge on any atom is -0.508 e. The summed E-state index contributed by atoms with van der Waals surface area (Å²) in [7, 11) is 0. The van der Waals surface area contributed by atoms with Gasteiger partial charge >= 0.3 is 0 Å². The number of thiazole rings is 1. The van der Waals surface area contributed by atoms with Crippen LogP contribution in [0.3, 0.4) is 0 Å². The lowest BCUT2D eigenvalue weighted by Gasteiger charge is -2.01. The monoisotopic (exact) mass is 247 g/mol. The molecule has 4 heteroatoms. The molecule has 1 unspecified atom stereocenters. The lowest BCUT2D eigenvalue weighted by atomic mass is 10.1. The molecule has 2 heterocycles. The third-order valence-corrected chi connectivity index (χ3v) is 3.87. The van der Waals surface area contributed by atoms with Gasteiger partial charge in [0.15, 0.2) is 0 Å². The van der Waals surface area contributed by atoms with E-state index in [9.17, 15) is 5.11 Å². The van der Waals surface area contributed by atoms with Crippen LogP contribution in [0.4, 0.5) is 0 Å². The van der Waals surface area contributed by atoms with Gasteiger partial charge in [-0.2, -0.15) is 0 Å². The molecule has 1 aromatic heterocycles. The van der Waals surface area contributed by atoms with Crippen LogP contribution < -0.4 is 0 Å². The second kappa shape index (κ2) is 4.47. The van der Waals surface area contributed by atoms with Crippen LogP contribution in [-0.4, -0.2) is 23.3 Å². The van der Waals surface area contributed by atoms with Gasteiger partial charge in [-0.15, -0.1) is 11.3 Å². The van der Waals surface area contributed by atoms with Gasteiger partial charge in [-0.05, 0) is 18.6 Å². The zero-order valence-electron chi connectivity index (χ0n) is 9.30. The predicted molar refractivity (Wildman–Crippen MR) is 67.4 cm³/mol. The van der Waals surface area contributed by atoms with Crippen molar-refractivity contribution in [1.29, 1.82) is 0 Å². The molecule has 1 N–H and O–H groups in total. The summed E-state index contributed by atoms with van der Waals surface area (Å²) < 4.78 is 5.37. The average molecular weight is 247 g/mol. The van der Waals surface area contributed by atoms with Crippen LogP contribution in [0.15, 0.2) is 29.6 Å². The molecular weight excluding hydrogens is 234 g/mol. The van der Waals surface area contributed by atoms with Crippen molar-refractivity contribution < 1.29 is 9.84 Å². The highest BCUT2D eigenvalue weighted by Crippen LogP contribution is 2.31. The largest absolute Gasteiger partial charge is 0.508 e. The van der Waals surface area contributed by atoms with E-state index in [0.29, 0.717) is 5.92 Å².